The van der Waals surface area contributed by atoms with E-state index >= 15 is 0 Å². The maximum atomic E-state index is 12.1. The van der Waals surface area contributed by atoms with E-state index in [0.29, 0.717) is 12.4 Å². The first-order valence-electron chi connectivity index (χ1n) is 6.14. The lowest BCUT2D eigenvalue weighted by Gasteiger charge is -2.14. The van der Waals surface area contributed by atoms with Crippen molar-refractivity contribution in [1.82, 2.24) is 0 Å². The fraction of sp³-hybridized carbons (Fsp3) is 0.429. The summed E-state index contributed by atoms with van der Waals surface area (Å²) in [6.07, 6.45) is 0. The van der Waals surface area contributed by atoms with Gasteiger partial charge >= 0.3 is 5.97 Å². The first kappa shape index (κ1) is 15.5. The van der Waals surface area contributed by atoms with Crippen LogP contribution in [0.3, 0.4) is 0 Å². The first-order chi connectivity index (χ1) is 9.02. The predicted molar refractivity (Wildman–Crippen MR) is 73.2 cm³/mol. The third kappa shape index (κ3) is 3.70. The minimum Gasteiger partial charge on any atom is -0.493 e. The van der Waals surface area contributed by atoms with Gasteiger partial charge in [-0.2, -0.15) is 0 Å². The van der Waals surface area contributed by atoms with E-state index in [1.165, 1.54) is 6.07 Å². The van der Waals surface area contributed by atoms with Crippen LogP contribution in [0.4, 0.5) is 0 Å². The molecule has 0 amide bonds. The second-order valence-corrected chi connectivity index (χ2v) is 4.47. The predicted octanol–water partition coefficient (Wildman–Crippen LogP) is 3.07. The smallest absolute Gasteiger partial charge is 0.338 e. The summed E-state index contributed by atoms with van der Waals surface area (Å²) < 4.78 is 10.3. The number of benzene rings is 1. The lowest BCUT2D eigenvalue weighted by Crippen LogP contribution is -2.18. The molecule has 1 atom stereocenters. The monoisotopic (exact) mass is 284 g/mol. The topological polar surface area (TPSA) is 52.6 Å². The molecule has 19 heavy (non-hydrogen) atoms. The third-order valence-corrected chi connectivity index (χ3v) is 2.63. The zero-order valence-electron chi connectivity index (χ0n) is 11.2. The van der Waals surface area contributed by atoms with Crippen molar-refractivity contribution < 1.29 is 19.1 Å². The van der Waals surface area contributed by atoms with Crippen LogP contribution in [0.5, 0.6) is 5.75 Å². The van der Waals surface area contributed by atoms with Gasteiger partial charge in [0.2, 0.25) is 0 Å². The Bertz CT molecular complexity index is 469. The fourth-order valence-electron chi connectivity index (χ4n) is 1.64. The molecule has 104 valence electrons. The van der Waals surface area contributed by atoms with Gasteiger partial charge in [-0.25, -0.2) is 4.79 Å². The zero-order valence-corrected chi connectivity index (χ0v) is 12.0. The highest BCUT2D eigenvalue weighted by Crippen LogP contribution is 2.26. The van der Waals surface area contributed by atoms with Crippen molar-refractivity contribution in [2.75, 3.05) is 13.2 Å². The molecule has 0 aliphatic carbocycles. The van der Waals surface area contributed by atoms with Crippen LogP contribution < -0.4 is 4.74 Å². The summed E-state index contributed by atoms with van der Waals surface area (Å²) in [5, 5.41) is -0.741. The van der Waals surface area contributed by atoms with Crippen molar-refractivity contribution in [3.05, 3.63) is 29.3 Å². The molecule has 0 aliphatic heterocycles. The highest BCUT2D eigenvalue weighted by atomic mass is 35.5. The summed E-state index contributed by atoms with van der Waals surface area (Å²) in [5.74, 6) is -0.552. The molecule has 0 bridgehead atoms. The molecule has 5 heteroatoms. The molecule has 0 N–H and O–H groups in total. The number of carbonyl (C=O) groups is 2. The molecule has 4 nitrogen and oxygen atoms in total. The van der Waals surface area contributed by atoms with Crippen LogP contribution in [0, 0.1) is 0 Å². The van der Waals surface area contributed by atoms with Gasteiger partial charge in [-0.1, -0.05) is 6.07 Å². The van der Waals surface area contributed by atoms with Crippen LogP contribution in [0.2, 0.25) is 0 Å². The Morgan fingerprint density at radius 2 is 1.95 bits per heavy atom. The van der Waals surface area contributed by atoms with Crippen molar-refractivity contribution in [2.24, 2.45) is 0 Å². The Morgan fingerprint density at radius 1 is 1.26 bits per heavy atom. The number of alkyl halides is 1. The van der Waals surface area contributed by atoms with E-state index in [4.69, 9.17) is 21.1 Å². The third-order valence-electron chi connectivity index (χ3n) is 2.43. The molecule has 1 rings (SSSR count). The van der Waals surface area contributed by atoms with Gasteiger partial charge in [0, 0.05) is 0 Å². The summed E-state index contributed by atoms with van der Waals surface area (Å²) in [6.45, 7) is 5.69. The molecule has 1 aromatic carbocycles. The lowest BCUT2D eigenvalue weighted by atomic mass is 10.0. The van der Waals surface area contributed by atoms with Gasteiger partial charge in [-0.3, -0.25) is 4.79 Å². The molecule has 0 spiro atoms. The van der Waals surface area contributed by atoms with E-state index in [0.717, 1.165) is 0 Å². The number of esters is 1. The average molecular weight is 285 g/mol. The maximum Gasteiger partial charge on any atom is 0.338 e. The fourth-order valence-corrected chi connectivity index (χ4v) is 1.75. The minimum absolute atomic E-state index is 0.185. The molecular formula is C14H17ClO4. The van der Waals surface area contributed by atoms with E-state index in [9.17, 15) is 9.59 Å². The van der Waals surface area contributed by atoms with E-state index < -0.39 is 11.3 Å². The van der Waals surface area contributed by atoms with Gasteiger partial charge in [-0.15, -0.1) is 11.6 Å². The molecule has 0 fully saturated rings. The SMILES string of the molecule is CCOC(=O)c1cccc(OCC)c1C(=O)C(C)Cl. The largest absolute Gasteiger partial charge is 0.493 e. The van der Waals surface area contributed by atoms with E-state index in [2.05, 4.69) is 0 Å². The molecule has 0 heterocycles. The highest BCUT2D eigenvalue weighted by Gasteiger charge is 2.25. The molecular weight excluding hydrogens is 268 g/mol. The lowest BCUT2D eigenvalue weighted by molar-refractivity contribution is 0.0522. The summed E-state index contributed by atoms with van der Waals surface area (Å²) in [6, 6.07) is 4.82. The second kappa shape index (κ2) is 7.14. The average Bonchev–Trinajstić information content (AvgIpc) is 2.38. The van der Waals surface area contributed by atoms with Gasteiger partial charge in [0.15, 0.2) is 5.78 Å². The Morgan fingerprint density at radius 3 is 2.47 bits per heavy atom. The molecule has 0 aliphatic rings. The Labute approximate surface area is 117 Å². The quantitative estimate of drug-likeness (QED) is 0.458. The van der Waals surface area contributed by atoms with Gasteiger partial charge in [0.05, 0.1) is 29.7 Å². The highest BCUT2D eigenvalue weighted by molar-refractivity contribution is 6.34. The molecule has 0 aromatic heterocycles. The van der Waals surface area contributed by atoms with Crippen LogP contribution in [0.15, 0.2) is 18.2 Å². The number of hydrogen-bond acceptors (Lipinski definition) is 4. The van der Waals surface area contributed by atoms with Gasteiger partial charge < -0.3 is 9.47 Å². The molecule has 0 saturated heterocycles. The Kier molecular flexibility index (Phi) is 5.83. The van der Waals surface area contributed by atoms with Crippen LogP contribution in [-0.4, -0.2) is 30.3 Å². The number of ether oxygens (including phenoxy) is 2. The van der Waals surface area contributed by atoms with E-state index in [1.54, 1.807) is 32.9 Å². The van der Waals surface area contributed by atoms with Gasteiger partial charge in [0.25, 0.3) is 0 Å². The molecule has 0 saturated carbocycles. The summed E-state index contributed by atoms with van der Waals surface area (Å²) in [5.41, 5.74) is 0.371. The minimum atomic E-state index is -0.741. The normalized spacial score (nSPS) is 11.8. The van der Waals surface area contributed by atoms with Crippen molar-refractivity contribution in [2.45, 2.75) is 26.1 Å². The van der Waals surface area contributed by atoms with Gasteiger partial charge in [0.1, 0.15) is 5.75 Å². The van der Waals surface area contributed by atoms with Crippen molar-refractivity contribution in [3.8, 4) is 5.75 Å². The van der Waals surface area contributed by atoms with Crippen LogP contribution in [-0.2, 0) is 4.74 Å². The summed E-state index contributed by atoms with van der Waals surface area (Å²) >= 11 is 5.83. The van der Waals surface area contributed by atoms with Crippen molar-refractivity contribution in [1.29, 1.82) is 0 Å². The number of carbonyl (C=O) groups excluding carboxylic acids is 2. The van der Waals surface area contributed by atoms with Crippen LogP contribution in [0.1, 0.15) is 41.5 Å². The molecule has 1 aromatic rings. The number of hydrogen-bond donors (Lipinski definition) is 0. The number of Topliss-reactive ketones (excluding diaryl/α,β-unsaturated/α-hetero) is 1. The van der Waals surface area contributed by atoms with Gasteiger partial charge in [-0.05, 0) is 32.9 Å². The van der Waals surface area contributed by atoms with Crippen LogP contribution in [0.25, 0.3) is 0 Å². The zero-order chi connectivity index (χ0) is 14.4. The summed E-state index contributed by atoms with van der Waals surface area (Å²) in [7, 11) is 0. The maximum absolute atomic E-state index is 12.1. The Hall–Kier alpha value is -1.55. The van der Waals surface area contributed by atoms with Crippen molar-refractivity contribution >= 4 is 23.4 Å². The van der Waals surface area contributed by atoms with E-state index in [1.807, 2.05) is 0 Å². The number of ketones is 1. The van der Waals surface area contributed by atoms with E-state index in [-0.39, 0.29) is 23.5 Å². The first-order valence-corrected chi connectivity index (χ1v) is 6.57. The van der Waals surface area contributed by atoms with Crippen LogP contribution >= 0.6 is 11.6 Å². The summed E-state index contributed by atoms with van der Waals surface area (Å²) in [4.78, 5) is 24.0. The number of rotatable bonds is 6. The second-order valence-electron chi connectivity index (χ2n) is 3.81. The molecule has 1 unspecified atom stereocenters. The van der Waals surface area contributed by atoms with Crippen molar-refractivity contribution in [3.63, 3.8) is 0 Å². The Balaban J connectivity index is 3.33. The number of halogens is 1. The molecule has 0 radical (unpaired) electrons. The standard InChI is InChI=1S/C14H17ClO4/c1-4-18-11-8-6-7-10(14(17)19-5-2)12(11)13(16)9(3)15/h6-9H,4-5H2,1-3H3.